The zero-order chi connectivity index (χ0) is 12.3. The normalized spacial score (nSPS) is 12.4. The number of hydrogen-bond donors (Lipinski definition) is 2. The van der Waals surface area contributed by atoms with Crippen molar-refractivity contribution in [3.05, 3.63) is 42.1 Å². The number of fused-ring (bicyclic) bond motifs is 1. The Morgan fingerprint density at radius 2 is 2.12 bits per heavy atom. The second-order valence-electron chi connectivity index (χ2n) is 3.95. The molecule has 0 aliphatic heterocycles. The summed E-state index contributed by atoms with van der Waals surface area (Å²) < 4.78 is 0. The number of rotatable bonds is 3. The zero-order valence-electron chi connectivity index (χ0n) is 9.55. The topological polar surface area (TPSA) is 62.2 Å². The van der Waals surface area contributed by atoms with Gasteiger partial charge in [-0.3, -0.25) is 4.79 Å². The highest BCUT2D eigenvalue weighted by Gasteiger charge is 2.10. The Bertz CT molecular complexity index is 540. The van der Waals surface area contributed by atoms with E-state index >= 15 is 0 Å². The van der Waals surface area contributed by atoms with Crippen LogP contribution in [-0.4, -0.2) is 28.6 Å². The number of carbonyl (C=O) groups excluding carboxylic acids is 1. The molecule has 0 fully saturated rings. The fraction of sp³-hybridized carbons (Fsp3) is 0.231. The molecule has 1 atom stereocenters. The Hall–Kier alpha value is -1.94. The summed E-state index contributed by atoms with van der Waals surface area (Å²) in [5, 5.41) is 12.5. The minimum atomic E-state index is -0.268. The molecule has 0 radical (unpaired) electrons. The first-order chi connectivity index (χ1) is 8.20. The number of aliphatic hydroxyl groups excluding tert-OH is 1. The number of para-hydroxylation sites is 1. The summed E-state index contributed by atoms with van der Waals surface area (Å²) >= 11 is 0. The van der Waals surface area contributed by atoms with Crippen LogP contribution in [0.25, 0.3) is 10.9 Å². The molecule has 0 bridgehead atoms. The van der Waals surface area contributed by atoms with Crippen LogP contribution >= 0.6 is 0 Å². The van der Waals surface area contributed by atoms with Gasteiger partial charge in [0.2, 0.25) is 0 Å². The molecule has 88 valence electrons. The van der Waals surface area contributed by atoms with E-state index in [-0.39, 0.29) is 18.6 Å². The monoisotopic (exact) mass is 230 g/mol. The van der Waals surface area contributed by atoms with Crippen LogP contribution in [0.2, 0.25) is 0 Å². The summed E-state index contributed by atoms with van der Waals surface area (Å²) in [4.78, 5) is 16.0. The van der Waals surface area contributed by atoms with Gasteiger partial charge in [-0.2, -0.15) is 0 Å². The lowest BCUT2D eigenvalue weighted by Crippen LogP contribution is -2.35. The second-order valence-corrected chi connectivity index (χ2v) is 3.95. The first-order valence-electron chi connectivity index (χ1n) is 5.48. The molecule has 2 rings (SSSR count). The van der Waals surface area contributed by atoms with Crippen molar-refractivity contribution in [1.82, 2.24) is 10.3 Å². The molecule has 1 amide bonds. The lowest BCUT2D eigenvalue weighted by Gasteiger charge is -2.10. The van der Waals surface area contributed by atoms with Gasteiger partial charge in [0.05, 0.1) is 12.1 Å². The van der Waals surface area contributed by atoms with Gasteiger partial charge >= 0.3 is 0 Å². The van der Waals surface area contributed by atoms with E-state index in [0.29, 0.717) is 5.69 Å². The number of pyridine rings is 1. The number of aromatic nitrogens is 1. The van der Waals surface area contributed by atoms with Gasteiger partial charge in [0.15, 0.2) is 0 Å². The van der Waals surface area contributed by atoms with Crippen LogP contribution in [-0.2, 0) is 0 Å². The highest BCUT2D eigenvalue weighted by molar-refractivity contribution is 5.95. The molecule has 0 aliphatic carbocycles. The van der Waals surface area contributed by atoms with Crippen molar-refractivity contribution in [3.8, 4) is 0 Å². The number of nitrogens with one attached hydrogen (secondary N) is 1. The third-order valence-corrected chi connectivity index (χ3v) is 2.48. The van der Waals surface area contributed by atoms with E-state index in [1.54, 1.807) is 13.0 Å². The number of aliphatic hydroxyl groups is 1. The molecule has 0 saturated heterocycles. The Morgan fingerprint density at radius 1 is 1.35 bits per heavy atom. The predicted molar refractivity (Wildman–Crippen MR) is 65.8 cm³/mol. The minimum Gasteiger partial charge on any atom is -0.394 e. The standard InChI is InChI=1S/C13H14N2O2/c1-9(8-16)14-13(17)12-7-6-10-4-2-3-5-11(10)15-12/h2-7,9,16H,8H2,1H3,(H,14,17)/t9-/m0/s1. The summed E-state index contributed by atoms with van der Waals surface area (Å²) in [6.07, 6.45) is 0. The fourth-order valence-electron chi connectivity index (χ4n) is 1.54. The van der Waals surface area contributed by atoms with E-state index in [1.807, 2.05) is 30.3 Å². The van der Waals surface area contributed by atoms with Crippen LogP contribution < -0.4 is 5.32 Å². The Morgan fingerprint density at radius 3 is 2.88 bits per heavy atom. The quantitative estimate of drug-likeness (QED) is 0.836. The molecule has 2 aromatic rings. The Labute approximate surface area is 99.3 Å². The first-order valence-corrected chi connectivity index (χ1v) is 5.48. The van der Waals surface area contributed by atoms with Crippen LogP contribution in [0, 0.1) is 0 Å². The van der Waals surface area contributed by atoms with Crippen LogP contribution in [0.1, 0.15) is 17.4 Å². The lowest BCUT2D eigenvalue weighted by molar-refractivity contribution is 0.0917. The maximum atomic E-state index is 11.8. The largest absolute Gasteiger partial charge is 0.394 e. The van der Waals surface area contributed by atoms with Gasteiger partial charge in [0.25, 0.3) is 5.91 Å². The second kappa shape index (κ2) is 4.93. The number of hydrogen-bond acceptors (Lipinski definition) is 3. The van der Waals surface area contributed by atoms with Crippen molar-refractivity contribution in [2.24, 2.45) is 0 Å². The zero-order valence-corrected chi connectivity index (χ0v) is 9.55. The van der Waals surface area contributed by atoms with E-state index in [2.05, 4.69) is 10.3 Å². The number of nitrogens with zero attached hydrogens (tertiary/aromatic N) is 1. The van der Waals surface area contributed by atoms with E-state index in [4.69, 9.17) is 5.11 Å². The van der Waals surface area contributed by atoms with Crippen molar-refractivity contribution in [2.45, 2.75) is 13.0 Å². The van der Waals surface area contributed by atoms with Gasteiger partial charge in [-0.05, 0) is 19.1 Å². The summed E-state index contributed by atoms with van der Waals surface area (Å²) in [5.74, 6) is -0.266. The molecular formula is C13H14N2O2. The van der Waals surface area contributed by atoms with Crippen LogP contribution in [0.3, 0.4) is 0 Å². The molecular weight excluding hydrogens is 216 g/mol. The molecule has 0 spiro atoms. The summed E-state index contributed by atoms with van der Waals surface area (Å²) in [7, 11) is 0. The van der Waals surface area contributed by atoms with Crippen molar-refractivity contribution in [1.29, 1.82) is 0 Å². The maximum absolute atomic E-state index is 11.8. The molecule has 0 saturated carbocycles. The first kappa shape index (κ1) is 11.5. The smallest absolute Gasteiger partial charge is 0.270 e. The number of carbonyl (C=O) groups is 1. The average Bonchev–Trinajstić information content (AvgIpc) is 2.38. The van der Waals surface area contributed by atoms with E-state index in [0.717, 1.165) is 10.9 Å². The van der Waals surface area contributed by atoms with Gasteiger partial charge in [-0.15, -0.1) is 0 Å². The van der Waals surface area contributed by atoms with Gasteiger partial charge in [0, 0.05) is 11.4 Å². The fourth-order valence-corrected chi connectivity index (χ4v) is 1.54. The van der Waals surface area contributed by atoms with Gasteiger partial charge in [-0.25, -0.2) is 4.98 Å². The predicted octanol–water partition coefficient (Wildman–Crippen LogP) is 1.35. The summed E-state index contributed by atoms with van der Waals surface area (Å²) in [6.45, 7) is 1.65. The van der Waals surface area contributed by atoms with Crippen LogP contribution in [0.5, 0.6) is 0 Å². The third kappa shape index (κ3) is 2.60. The minimum absolute atomic E-state index is 0.0840. The molecule has 4 heteroatoms. The molecule has 1 aromatic carbocycles. The van der Waals surface area contributed by atoms with E-state index < -0.39 is 0 Å². The maximum Gasteiger partial charge on any atom is 0.270 e. The van der Waals surface area contributed by atoms with E-state index in [1.165, 1.54) is 0 Å². The van der Waals surface area contributed by atoms with Crippen molar-refractivity contribution < 1.29 is 9.90 Å². The number of benzene rings is 1. The average molecular weight is 230 g/mol. The Kier molecular flexibility index (Phi) is 3.35. The molecule has 2 N–H and O–H groups in total. The van der Waals surface area contributed by atoms with Gasteiger partial charge in [-0.1, -0.05) is 24.3 Å². The highest BCUT2D eigenvalue weighted by atomic mass is 16.3. The van der Waals surface area contributed by atoms with E-state index in [9.17, 15) is 4.79 Å². The van der Waals surface area contributed by atoms with Crippen molar-refractivity contribution in [3.63, 3.8) is 0 Å². The highest BCUT2D eigenvalue weighted by Crippen LogP contribution is 2.11. The van der Waals surface area contributed by atoms with Crippen LogP contribution in [0.4, 0.5) is 0 Å². The van der Waals surface area contributed by atoms with Gasteiger partial charge < -0.3 is 10.4 Å². The molecule has 0 aliphatic rings. The molecule has 17 heavy (non-hydrogen) atoms. The third-order valence-electron chi connectivity index (χ3n) is 2.48. The molecule has 0 unspecified atom stereocenters. The lowest BCUT2D eigenvalue weighted by atomic mass is 10.2. The molecule has 1 aromatic heterocycles. The summed E-state index contributed by atoms with van der Waals surface area (Å²) in [5.41, 5.74) is 1.15. The summed E-state index contributed by atoms with van der Waals surface area (Å²) in [6, 6.07) is 10.9. The van der Waals surface area contributed by atoms with Gasteiger partial charge in [0.1, 0.15) is 5.69 Å². The Balaban J connectivity index is 2.27. The van der Waals surface area contributed by atoms with Crippen molar-refractivity contribution in [2.75, 3.05) is 6.61 Å². The SMILES string of the molecule is C[C@@H](CO)NC(=O)c1ccc2ccccc2n1. The molecule has 1 heterocycles. The molecule has 4 nitrogen and oxygen atoms in total. The van der Waals surface area contributed by atoms with Crippen molar-refractivity contribution >= 4 is 16.8 Å². The number of amides is 1. The van der Waals surface area contributed by atoms with Crippen LogP contribution in [0.15, 0.2) is 36.4 Å².